The lowest BCUT2D eigenvalue weighted by atomic mass is 10.4. The van der Waals surface area contributed by atoms with Gasteiger partial charge >= 0.3 is 0 Å². The zero-order valence-corrected chi connectivity index (χ0v) is 9.56. The van der Waals surface area contributed by atoms with Crippen LogP contribution in [0.25, 0.3) is 0 Å². The number of ether oxygens (including phenoxy) is 1. The molecule has 15 heavy (non-hydrogen) atoms. The van der Waals surface area contributed by atoms with Crippen molar-refractivity contribution in [2.45, 2.75) is 6.42 Å². The number of carbonyl (C=O) groups is 1. The number of anilines is 1. The number of nitrogens with one attached hydrogen (secondary N) is 2. The summed E-state index contributed by atoms with van der Waals surface area (Å²) in [5, 5.41) is 14.1. The van der Waals surface area contributed by atoms with Crippen LogP contribution in [0.1, 0.15) is 16.2 Å². The molecule has 0 spiro atoms. The van der Waals surface area contributed by atoms with E-state index in [0.29, 0.717) is 23.3 Å². The van der Waals surface area contributed by atoms with Crippen LogP contribution in [0.15, 0.2) is 0 Å². The SMILES string of the molecule is CNc1nnc(C(=O)NCCCOC)s1. The van der Waals surface area contributed by atoms with Crippen molar-refractivity contribution in [2.24, 2.45) is 0 Å². The fourth-order valence-electron chi connectivity index (χ4n) is 0.910. The average molecular weight is 230 g/mol. The number of carbonyl (C=O) groups excluding carboxylic acids is 1. The molecule has 0 saturated carbocycles. The summed E-state index contributed by atoms with van der Waals surface area (Å²) in [6, 6.07) is 0. The predicted molar refractivity (Wildman–Crippen MR) is 58.3 cm³/mol. The first kappa shape index (κ1) is 11.9. The molecule has 1 amide bonds. The van der Waals surface area contributed by atoms with E-state index in [0.717, 1.165) is 6.42 Å². The fraction of sp³-hybridized carbons (Fsp3) is 0.625. The third-order valence-corrected chi connectivity index (χ3v) is 2.58. The van der Waals surface area contributed by atoms with Crippen LogP contribution in [0.5, 0.6) is 0 Å². The number of amides is 1. The maximum absolute atomic E-state index is 11.5. The average Bonchev–Trinajstić information content (AvgIpc) is 2.72. The Hall–Kier alpha value is -1.21. The normalized spacial score (nSPS) is 10.0. The van der Waals surface area contributed by atoms with Crippen LogP contribution in [0.2, 0.25) is 0 Å². The van der Waals surface area contributed by atoms with E-state index in [1.54, 1.807) is 14.2 Å². The van der Waals surface area contributed by atoms with Gasteiger partial charge in [-0.25, -0.2) is 0 Å². The van der Waals surface area contributed by atoms with E-state index >= 15 is 0 Å². The van der Waals surface area contributed by atoms with Gasteiger partial charge in [-0.3, -0.25) is 4.79 Å². The molecule has 0 aliphatic carbocycles. The topological polar surface area (TPSA) is 76.1 Å². The van der Waals surface area contributed by atoms with E-state index in [4.69, 9.17) is 4.74 Å². The van der Waals surface area contributed by atoms with Crippen molar-refractivity contribution in [1.82, 2.24) is 15.5 Å². The molecule has 1 aromatic heterocycles. The monoisotopic (exact) mass is 230 g/mol. The van der Waals surface area contributed by atoms with E-state index in [2.05, 4.69) is 20.8 Å². The van der Waals surface area contributed by atoms with Crippen LogP contribution in [0.3, 0.4) is 0 Å². The molecule has 0 unspecified atom stereocenters. The van der Waals surface area contributed by atoms with Gasteiger partial charge in [-0.15, -0.1) is 10.2 Å². The first-order chi connectivity index (χ1) is 7.27. The number of hydrogen-bond acceptors (Lipinski definition) is 6. The summed E-state index contributed by atoms with van der Waals surface area (Å²) in [5.74, 6) is -0.190. The Labute approximate surface area is 92.0 Å². The molecule has 0 radical (unpaired) electrons. The molecule has 0 bridgehead atoms. The number of nitrogens with zero attached hydrogens (tertiary/aromatic N) is 2. The van der Waals surface area contributed by atoms with E-state index in [1.165, 1.54) is 11.3 Å². The van der Waals surface area contributed by atoms with Gasteiger partial charge in [0, 0.05) is 27.3 Å². The number of hydrogen-bond donors (Lipinski definition) is 2. The molecule has 0 aromatic carbocycles. The molecule has 0 atom stereocenters. The Morgan fingerprint density at radius 3 is 2.93 bits per heavy atom. The van der Waals surface area contributed by atoms with Crippen molar-refractivity contribution >= 4 is 22.4 Å². The summed E-state index contributed by atoms with van der Waals surface area (Å²) in [7, 11) is 3.37. The van der Waals surface area contributed by atoms with E-state index in [1.807, 2.05) is 0 Å². The molecule has 0 saturated heterocycles. The molecule has 6 nitrogen and oxygen atoms in total. The Bertz CT molecular complexity index is 315. The third kappa shape index (κ3) is 3.80. The summed E-state index contributed by atoms with van der Waals surface area (Å²) < 4.78 is 4.86. The van der Waals surface area contributed by atoms with Gasteiger partial charge in [-0.1, -0.05) is 11.3 Å². The first-order valence-corrected chi connectivity index (χ1v) is 5.38. The summed E-state index contributed by atoms with van der Waals surface area (Å²) in [5.41, 5.74) is 0. The molecule has 1 aromatic rings. The summed E-state index contributed by atoms with van der Waals surface area (Å²) >= 11 is 1.23. The second-order valence-electron chi connectivity index (χ2n) is 2.76. The van der Waals surface area contributed by atoms with Crippen molar-refractivity contribution in [3.63, 3.8) is 0 Å². The highest BCUT2D eigenvalue weighted by Crippen LogP contribution is 2.13. The van der Waals surface area contributed by atoms with Gasteiger partial charge in [0.1, 0.15) is 0 Å². The summed E-state index contributed by atoms with van der Waals surface area (Å²) in [6.45, 7) is 1.22. The molecule has 1 heterocycles. The molecule has 7 heteroatoms. The minimum Gasteiger partial charge on any atom is -0.385 e. The maximum atomic E-state index is 11.5. The fourth-order valence-corrected chi connectivity index (χ4v) is 1.52. The molecule has 0 aliphatic heterocycles. The lowest BCUT2D eigenvalue weighted by Crippen LogP contribution is -2.25. The maximum Gasteiger partial charge on any atom is 0.282 e. The molecule has 0 fully saturated rings. The smallest absolute Gasteiger partial charge is 0.282 e. The minimum absolute atomic E-state index is 0.190. The molecular formula is C8H14N4O2S. The van der Waals surface area contributed by atoms with Crippen LogP contribution >= 0.6 is 11.3 Å². The number of methoxy groups -OCH3 is 1. The second kappa shape index (κ2) is 6.31. The van der Waals surface area contributed by atoms with Crippen LogP contribution in [-0.2, 0) is 4.74 Å². The van der Waals surface area contributed by atoms with Gasteiger partial charge in [0.25, 0.3) is 5.91 Å². The third-order valence-electron chi connectivity index (χ3n) is 1.64. The predicted octanol–water partition coefficient (Wildman–Crippen LogP) is 0.346. The largest absolute Gasteiger partial charge is 0.385 e. The van der Waals surface area contributed by atoms with Crippen molar-refractivity contribution in [2.75, 3.05) is 32.6 Å². The Morgan fingerprint density at radius 1 is 1.53 bits per heavy atom. The van der Waals surface area contributed by atoms with Gasteiger partial charge in [0.15, 0.2) is 0 Å². The van der Waals surface area contributed by atoms with Gasteiger partial charge in [-0.2, -0.15) is 0 Å². The molecule has 1 rings (SSSR count). The lowest BCUT2D eigenvalue weighted by molar-refractivity contribution is 0.0947. The van der Waals surface area contributed by atoms with E-state index in [-0.39, 0.29) is 5.91 Å². The minimum atomic E-state index is -0.190. The van der Waals surface area contributed by atoms with Crippen molar-refractivity contribution in [1.29, 1.82) is 0 Å². The van der Waals surface area contributed by atoms with Crippen molar-refractivity contribution < 1.29 is 9.53 Å². The Morgan fingerprint density at radius 2 is 2.33 bits per heavy atom. The van der Waals surface area contributed by atoms with Crippen LogP contribution in [0, 0.1) is 0 Å². The Kier molecular flexibility index (Phi) is 4.99. The molecular weight excluding hydrogens is 216 g/mol. The van der Waals surface area contributed by atoms with Crippen LogP contribution < -0.4 is 10.6 Å². The van der Waals surface area contributed by atoms with E-state index in [9.17, 15) is 4.79 Å². The lowest BCUT2D eigenvalue weighted by Gasteiger charge is -2.00. The van der Waals surface area contributed by atoms with Crippen LogP contribution in [-0.4, -0.2) is 43.4 Å². The van der Waals surface area contributed by atoms with Gasteiger partial charge in [0.2, 0.25) is 10.1 Å². The van der Waals surface area contributed by atoms with Crippen molar-refractivity contribution in [3.8, 4) is 0 Å². The van der Waals surface area contributed by atoms with Crippen molar-refractivity contribution in [3.05, 3.63) is 5.01 Å². The Balaban J connectivity index is 2.33. The zero-order chi connectivity index (χ0) is 11.1. The number of aromatic nitrogens is 2. The molecule has 2 N–H and O–H groups in total. The first-order valence-electron chi connectivity index (χ1n) is 4.56. The number of rotatable bonds is 6. The highest BCUT2D eigenvalue weighted by atomic mass is 32.1. The standard InChI is InChI=1S/C8H14N4O2S/c1-9-8-12-11-7(15-8)6(13)10-4-3-5-14-2/h3-5H2,1-2H3,(H,9,12)(H,10,13). The second-order valence-corrected chi connectivity index (χ2v) is 3.74. The van der Waals surface area contributed by atoms with E-state index < -0.39 is 0 Å². The van der Waals surface area contributed by atoms with Crippen LogP contribution in [0.4, 0.5) is 5.13 Å². The highest BCUT2D eigenvalue weighted by Gasteiger charge is 2.10. The summed E-state index contributed by atoms with van der Waals surface area (Å²) in [4.78, 5) is 11.5. The van der Waals surface area contributed by atoms with Gasteiger partial charge in [-0.05, 0) is 6.42 Å². The highest BCUT2D eigenvalue weighted by molar-refractivity contribution is 7.17. The quantitative estimate of drug-likeness (QED) is 0.689. The molecule has 84 valence electrons. The summed E-state index contributed by atoms with van der Waals surface area (Å²) in [6.07, 6.45) is 0.792. The van der Waals surface area contributed by atoms with Gasteiger partial charge < -0.3 is 15.4 Å². The molecule has 0 aliphatic rings. The zero-order valence-electron chi connectivity index (χ0n) is 8.74. The van der Waals surface area contributed by atoms with Gasteiger partial charge in [0.05, 0.1) is 0 Å².